The van der Waals surface area contributed by atoms with E-state index in [9.17, 15) is 9.59 Å². The van der Waals surface area contributed by atoms with Crippen LogP contribution < -0.4 is 16.4 Å². The van der Waals surface area contributed by atoms with E-state index in [-0.39, 0.29) is 11.9 Å². The molecule has 0 aliphatic carbocycles. The van der Waals surface area contributed by atoms with E-state index >= 15 is 0 Å². The van der Waals surface area contributed by atoms with Gasteiger partial charge >= 0.3 is 6.03 Å². The van der Waals surface area contributed by atoms with Gasteiger partial charge in [-0.1, -0.05) is 46.9 Å². The number of carbonyl (C=O) groups excluding carboxylic acids is 2. The molecule has 0 aliphatic heterocycles. The van der Waals surface area contributed by atoms with Gasteiger partial charge in [0, 0.05) is 20.8 Å². The molecule has 3 rings (SSSR count). The van der Waals surface area contributed by atoms with Crippen LogP contribution in [0.5, 0.6) is 0 Å². The molecular formula is C18H14Cl3N3O2S. The van der Waals surface area contributed by atoms with Gasteiger partial charge in [0.25, 0.3) is 5.91 Å². The Balaban J connectivity index is 1.80. The Labute approximate surface area is 174 Å². The highest BCUT2D eigenvalue weighted by Crippen LogP contribution is 2.41. The zero-order valence-electron chi connectivity index (χ0n) is 14.0. The molecule has 9 heteroatoms. The number of hydrogen-bond donors (Lipinski definition) is 3. The fourth-order valence-electron chi connectivity index (χ4n) is 2.60. The number of benzene rings is 2. The number of amides is 3. The number of rotatable bonds is 4. The van der Waals surface area contributed by atoms with Crippen molar-refractivity contribution in [3.8, 4) is 0 Å². The van der Waals surface area contributed by atoms with E-state index in [1.165, 1.54) is 11.3 Å². The fraction of sp³-hybridized carbons (Fsp3) is 0.111. The van der Waals surface area contributed by atoms with Crippen molar-refractivity contribution < 1.29 is 9.59 Å². The van der Waals surface area contributed by atoms with Gasteiger partial charge in [-0.25, -0.2) is 4.79 Å². The van der Waals surface area contributed by atoms with Crippen molar-refractivity contribution in [2.45, 2.75) is 13.0 Å². The summed E-state index contributed by atoms with van der Waals surface area (Å²) in [5.41, 5.74) is 6.51. The summed E-state index contributed by atoms with van der Waals surface area (Å²) in [4.78, 5) is 23.9. The van der Waals surface area contributed by atoms with Crippen LogP contribution in [0.1, 0.15) is 28.2 Å². The first-order valence-corrected chi connectivity index (χ1v) is 9.75. The largest absolute Gasteiger partial charge is 0.351 e. The summed E-state index contributed by atoms with van der Waals surface area (Å²) in [6.45, 7) is 1.85. The maximum Gasteiger partial charge on any atom is 0.316 e. The third kappa shape index (κ3) is 4.30. The van der Waals surface area contributed by atoms with Crippen molar-refractivity contribution in [2.24, 2.45) is 5.73 Å². The first kappa shape index (κ1) is 19.8. The number of nitrogens with one attached hydrogen (secondary N) is 2. The van der Waals surface area contributed by atoms with Crippen LogP contribution >= 0.6 is 46.1 Å². The number of hydrogen-bond acceptors (Lipinski definition) is 3. The van der Waals surface area contributed by atoms with Gasteiger partial charge in [-0.05, 0) is 36.8 Å². The van der Waals surface area contributed by atoms with Gasteiger partial charge in [0.15, 0.2) is 0 Å². The van der Waals surface area contributed by atoms with Gasteiger partial charge in [0.2, 0.25) is 0 Å². The molecule has 27 heavy (non-hydrogen) atoms. The summed E-state index contributed by atoms with van der Waals surface area (Å²) < 4.78 is 0.747. The number of halogens is 3. The third-order valence-electron chi connectivity index (χ3n) is 3.88. The van der Waals surface area contributed by atoms with Crippen molar-refractivity contribution in [1.82, 2.24) is 5.32 Å². The van der Waals surface area contributed by atoms with Crippen LogP contribution in [-0.2, 0) is 0 Å². The van der Waals surface area contributed by atoms with Crippen LogP contribution in [-0.4, -0.2) is 11.9 Å². The Morgan fingerprint density at radius 3 is 2.41 bits per heavy atom. The smallest absolute Gasteiger partial charge is 0.316 e. The lowest BCUT2D eigenvalue weighted by molar-refractivity contribution is 0.0944. The lowest BCUT2D eigenvalue weighted by Crippen LogP contribution is -2.26. The lowest BCUT2D eigenvalue weighted by Gasteiger charge is -2.14. The zero-order chi connectivity index (χ0) is 19.7. The number of fused-ring (bicyclic) bond motifs is 1. The molecule has 0 bridgehead atoms. The summed E-state index contributed by atoms with van der Waals surface area (Å²) in [5.74, 6) is -0.305. The molecule has 0 spiro atoms. The minimum absolute atomic E-state index is 0.277. The molecule has 5 nitrogen and oxygen atoms in total. The molecule has 0 saturated heterocycles. The maximum atomic E-state index is 12.7. The van der Waals surface area contributed by atoms with Gasteiger partial charge in [-0.3, -0.25) is 4.79 Å². The number of nitrogens with two attached hydrogens (primary N) is 1. The summed E-state index contributed by atoms with van der Waals surface area (Å²) in [6.07, 6.45) is 0. The molecule has 1 heterocycles. The van der Waals surface area contributed by atoms with E-state index in [1.807, 2.05) is 6.92 Å². The summed E-state index contributed by atoms with van der Waals surface area (Å²) in [6, 6.07) is 9.40. The van der Waals surface area contributed by atoms with Gasteiger partial charge in [0.05, 0.1) is 16.1 Å². The Kier molecular flexibility index (Phi) is 5.81. The fourth-order valence-corrected chi connectivity index (χ4v) is 4.88. The first-order valence-electron chi connectivity index (χ1n) is 7.80. The SMILES string of the molecule is CC(NC(=O)c1sc2cc(Cl)cc(Cl)c2c1Cl)c1ccc(NC(N)=O)cc1. The maximum absolute atomic E-state index is 12.7. The zero-order valence-corrected chi connectivity index (χ0v) is 17.1. The minimum Gasteiger partial charge on any atom is -0.351 e. The van der Waals surface area contributed by atoms with Crippen LogP contribution in [0, 0.1) is 0 Å². The second-order valence-electron chi connectivity index (χ2n) is 5.81. The second-order valence-corrected chi connectivity index (χ2v) is 8.09. The lowest BCUT2D eigenvalue weighted by atomic mass is 10.1. The van der Waals surface area contributed by atoms with Crippen LogP contribution in [0.3, 0.4) is 0 Å². The molecule has 0 saturated carbocycles. The molecule has 3 aromatic rings. The Bertz CT molecular complexity index is 1030. The Morgan fingerprint density at radius 1 is 1.11 bits per heavy atom. The number of primary amides is 1. The van der Waals surface area contributed by atoms with E-state index in [2.05, 4.69) is 10.6 Å². The standard InChI is InChI=1S/C18H14Cl3N3O2S/c1-8(9-2-4-11(5-3-9)24-18(22)26)23-17(25)16-15(21)14-12(20)6-10(19)7-13(14)27-16/h2-8H,1H3,(H,23,25)(H3,22,24,26). The van der Waals surface area contributed by atoms with Crippen molar-refractivity contribution in [2.75, 3.05) is 5.32 Å². The topological polar surface area (TPSA) is 84.2 Å². The minimum atomic E-state index is -0.637. The molecule has 0 fully saturated rings. The van der Waals surface area contributed by atoms with Crippen molar-refractivity contribution in [3.05, 3.63) is 61.9 Å². The normalized spacial score (nSPS) is 12.0. The molecule has 4 N–H and O–H groups in total. The predicted molar refractivity (Wildman–Crippen MR) is 112 cm³/mol. The quantitative estimate of drug-likeness (QED) is 0.474. The van der Waals surface area contributed by atoms with Gasteiger partial charge in [0.1, 0.15) is 4.88 Å². The van der Waals surface area contributed by atoms with Crippen molar-refractivity contribution in [1.29, 1.82) is 0 Å². The van der Waals surface area contributed by atoms with E-state index in [0.29, 0.717) is 31.0 Å². The average molecular weight is 443 g/mol. The molecule has 140 valence electrons. The third-order valence-corrected chi connectivity index (χ3v) is 6.02. The summed E-state index contributed by atoms with van der Waals surface area (Å²) >= 11 is 19.8. The van der Waals surface area contributed by atoms with Crippen molar-refractivity contribution in [3.63, 3.8) is 0 Å². The van der Waals surface area contributed by atoms with Gasteiger partial charge < -0.3 is 16.4 Å². The van der Waals surface area contributed by atoms with Crippen LogP contribution in [0.25, 0.3) is 10.1 Å². The second kappa shape index (κ2) is 7.94. The van der Waals surface area contributed by atoms with E-state index in [0.717, 1.165) is 10.3 Å². The van der Waals surface area contributed by atoms with E-state index in [4.69, 9.17) is 40.5 Å². The molecule has 0 aliphatic rings. The molecular weight excluding hydrogens is 429 g/mol. The van der Waals surface area contributed by atoms with Crippen molar-refractivity contribution >= 4 is 73.9 Å². The summed E-state index contributed by atoms with van der Waals surface area (Å²) in [7, 11) is 0. The highest BCUT2D eigenvalue weighted by atomic mass is 35.5. The predicted octanol–water partition coefficient (Wildman–Crippen LogP) is 5.84. The number of anilines is 1. The number of carbonyl (C=O) groups is 2. The average Bonchev–Trinajstić information content (AvgIpc) is 2.91. The molecule has 1 atom stereocenters. The number of urea groups is 1. The monoisotopic (exact) mass is 441 g/mol. The molecule has 2 aromatic carbocycles. The van der Waals surface area contributed by atoms with E-state index in [1.54, 1.807) is 36.4 Å². The Hall–Kier alpha value is -1.99. The van der Waals surface area contributed by atoms with Crippen LogP contribution in [0.15, 0.2) is 36.4 Å². The molecule has 3 amide bonds. The van der Waals surface area contributed by atoms with Gasteiger partial charge in [-0.15, -0.1) is 11.3 Å². The Morgan fingerprint density at radius 2 is 1.78 bits per heavy atom. The van der Waals surface area contributed by atoms with E-state index < -0.39 is 6.03 Å². The highest BCUT2D eigenvalue weighted by Gasteiger charge is 2.21. The molecule has 0 radical (unpaired) electrons. The molecule has 1 unspecified atom stereocenters. The summed E-state index contributed by atoms with van der Waals surface area (Å²) in [5, 5.41) is 7.20. The van der Waals surface area contributed by atoms with Crippen LogP contribution in [0.2, 0.25) is 15.1 Å². The van der Waals surface area contributed by atoms with Gasteiger partial charge in [-0.2, -0.15) is 0 Å². The first-order chi connectivity index (χ1) is 12.8. The molecule has 1 aromatic heterocycles. The van der Waals surface area contributed by atoms with Crippen LogP contribution in [0.4, 0.5) is 10.5 Å². The highest BCUT2D eigenvalue weighted by molar-refractivity contribution is 7.21. The number of thiophene rings is 1.